The molecule has 1 aliphatic rings. The molecule has 1 aliphatic heterocycles. The SMILES string of the molecule is O=C(Cc1ccc([N+](=O)[O-])cc1)Nc1cccc(C2SCCS2)c1. The average molecular weight is 360 g/mol. The van der Waals surface area contributed by atoms with Gasteiger partial charge in [-0.05, 0) is 23.3 Å². The number of amides is 1. The Morgan fingerprint density at radius 2 is 1.88 bits per heavy atom. The molecule has 0 saturated carbocycles. The standard InChI is InChI=1S/C17H16N2O3S2/c20-16(10-12-4-6-15(7-5-12)19(21)22)18-14-3-1-2-13(11-14)17-23-8-9-24-17/h1-7,11,17H,8-10H2,(H,18,20). The molecule has 5 nitrogen and oxygen atoms in total. The largest absolute Gasteiger partial charge is 0.326 e. The molecule has 1 heterocycles. The Hall–Kier alpha value is -1.99. The molecule has 0 spiro atoms. The molecular weight excluding hydrogens is 344 g/mol. The minimum absolute atomic E-state index is 0.0263. The van der Waals surface area contributed by atoms with E-state index in [1.807, 2.05) is 41.7 Å². The Morgan fingerprint density at radius 1 is 1.17 bits per heavy atom. The van der Waals surface area contributed by atoms with Crippen LogP contribution < -0.4 is 5.32 Å². The number of benzene rings is 2. The normalized spacial score (nSPS) is 14.5. The van der Waals surface area contributed by atoms with Crippen molar-refractivity contribution >= 4 is 40.8 Å². The first-order valence-electron chi connectivity index (χ1n) is 7.48. The fourth-order valence-electron chi connectivity index (χ4n) is 2.44. The summed E-state index contributed by atoms with van der Waals surface area (Å²) in [7, 11) is 0. The van der Waals surface area contributed by atoms with Gasteiger partial charge >= 0.3 is 0 Å². The van der Waals surface area contributed by atoms with Gasteiger partial charge in [0.05, 0.1) is 15.9 Å². The van der Waals surface area contributed by atoms with Crippen LogP contribution in [-0.4, -0.2) is 22.3 Å². The molecule has 124 valence electrons. The predicted octanol–water partition coefficient (Wildman–Crippen LogP) is 4.25. The topological polar surface area (TPSA) is 72.2 Å². The first-order valence-corrected chi connectivity index (χ1v) is 9.58. The summed E-state index contributed by atoms with van der Waals surface area (Å²) in [6, 6.07) is 14.0. The number of carbonyl (C=O) groups is 1. The maximum atomic E-state index is 12.2. The highest BCUT2D eigenvalue weighted by Crippen LogP contribution is 2.45. The third-order valence-electron chi connectivity index (χ3n) is 3.58. The number of nitrogens with one attached hydrogen (secondary N) is 1. The van der Waals surface area contributed by atoms with Gasteiger partial charge in [-0.3, -0.25) is 14.9 Å². The molecule has 7 heteroatoms. The first-order chi connectivity index (χ1) is 11.6. The maximum absolute atomic E-state index is 12.2. The molecule has 3 rings (SSSR count). The van der Waals surface area contributed by atoms with Crippen LogP contribution in [0.2, 0.25) is 0 Å². The second-order valence-corrected chi connectivity index (χ2v) is 8.07. The van der Waals surface area contributed by atoms with E-state index in [0.29, 0.717) is 4.58 Å². The molecule has 1 N–H and O–H groups in total. The van der Waals surface area contributed by atoms with Gasteiger partial charge in [-0.2, -0.15) is 0 Å². The van der Waals surface area contributed by atoms with Crippen molar-refractivity contribution in [3.63, 3.8) is 0 Å². The fraction of sp³-hybridized carbons (Fsp3) is 0.235. The first kappa shape index (κ1) is 16.9. The summed E-state index contributed by atoms with van der Waals surface area (Å²) in [6.45, 7) is 0. The molecule has 0 unspecified atom stereocenters. The van der Waals surface area contributed by atoms with E-state index in [1.54, 1.807) is 12.1 Å². The van der Waals surface area contributed by atoms with E-state index in [1.165, 1.54) is 17.7 Å². The zero-order valence-electron chi connectivity index (χ0n) is 12.8. The Bertz CT molecular complexity index is 744. The lowest BCUT2D eigenvalue weighted by molar-refractivity contribution is -0.384. The molecule has 2 aromatic rings. The van der Waals surface area contributed by atoms with Crippen LogP contribution in [0.25, 0.3) is 0 Å². The van der Waals surface area contributed by atoms with E-state index in [-0.39, 0.29) is 18.0 Å². The van der Waals surface area contributed by atoms with E-state index in [4.69, 9.17) is 0 Å². The van der Waals surface area contributed by atoms with Crippen LogP contribution in [0.4, 0.5) is 11.4 Å². The summed E-state index contributed by atoms with van der Waals surface area (Å²) in [5.41, 5.74) is 2.78. The highest BCUT2D eigenvalue weighted by molar-refractivity contribution is 8.19. The minimum atomic E-state index is -0.450. The number of nitro groups is 1. The Morgan fingerprint density at radius 3 is 2.54 bits per heavy atom. The van der Waals surface area contributed by atoms with Crippen LogP contribution in [-0.2, 0) is 11.2 Å². The van der Waals surface area contributed by atoms with Crippen LogP contribution in [0.5, 0.6) is 0 Å². The molecule has 0 radical (unpaired) electrons. The molecule has 0 bridgehead atoms. The van der Waals surface area contributed by atoms with Crippen LogP contribution in [0.1, 0.15) is 15.7 Å². The molecule has 1 saturated heterocycles. The second-order valence-electron chi connectivity index (χ2n) is 5.35. The molecule has 1 amide bonds. The molecular formula is C17H16N2O3S2. The number of hydrogen-bond acceptors (Lipinski definition) is 5. The van der Waals surface area contributed by atoms with Gasteiger partial charge in [0.1, 0.15) is 0 Å². The van der Waals surface area contributed by atoms with Gasteiger partial charge < -0.3 is 5.32 Å². The fourth-order valence-corrected chi connectivity index (χ4v) is 5.28. The molecule has 0 atom stereocenters. The summed E-state index contributed by atoms with van der Waals surface area (Å²) >= 11 is 3.85. The molecule has 1 fully saturated rings. The summed E-state index contributed by atoms with van der Waals surface area (Å²) in [4.78, 5) is 22.4. The van der Waals surface area contributed by atoms with Gasteiger partial charge in [0.2, 0.25) is 5.91 Å². The zero-order valence-corrected chi connectivity index (χ0v) is 14.4. The van der Waals surface area contributed by atoms with Crippen molar-refractivity contribution in [1.82, 2.24) is 0 Å². The van der Waals surface area contributed by atoms with Gasteiger partial charge in [-0.1, -0.05) is 24.3 Å². The summed E-state index contributed by atoms with van der Waals surface area (Å²) in [5, 5.41) is 13.5. The Balaban J connectivity index is 1.62. The third-order valence-corrected chi connectivity index (χ3v) is 6.68. The molecule has 24 heavy (non-hydrogen) atoms. The summed E-state index contributed by atoms with van der Waals surface area (Å²) in [5.74, 6) is 2.19. The zero-order chi connectivity index (χ0) is 16.9. The highest BCUT2D eigenvalue weighted by Gasteiger charge is 2.18. The number of anilines is 1. The number of nitrogens with zero attached hydrogens (tertiary/aromatic N) is 1. The number of carbonyl (C=O) groups excluding carboxylic acids is 1. The average Bonchev–Trinajstić information content (AvgIpc) is 3.10. The van der Waals surface area contributed by atoms with Crippen molar-refractivity contribution in [2.75, 3.05) is 16.8 Å². The summed E-state index contributed by atoms with van der Waals surface area (Å²) in [6.07, 6.45) is 0.190. The maximum Gasteiger partial charge on any atom is 0.269 e. The highest BCUT2D eigenvalue weighted by atomic mass is 32.2. The van der Waals surface area contributed by atoms with Crippen molar-refractivity contribution < 1.29 is 9.72 Å². The number of rotatable bonds is 5. The lowest BCUT2D eigenvalue weighted by Gasteiger charge is -2.11. The third kappa shape index (κ3) is 4.30. The van der Waals surface area contributed by atoms with Gasteiger partial charge in [-0.25, -0.2) is 0 Å². The molecule has 0 aliphatic carbocycles. The monoisotopic (exact) mass is 360 g/mol. The van der Waals surface area contributed by atoms with Gasteiger partial charge in [0, 0.05) is 29.3 Å². The van der Waals surface area contributed by atoms with E-state index >= 15 is 0 Å². The Kier molecular flexibility index (Phi) is 5.42. The smallest absolute Gasteiger partial charge is 0.269 e. The number of thioether (sulfide) groups is 2. The lowest BCUT2D eigenvalue weighted by atomic mass is 10.1. The van der Waals surface area contributed by atoms with E-state index in [0.717, 1.165) is 22.8 Å². The van der Waals surface area contributed by atoms with Gasteiger partial charge in [0.25, 0.3) is 5.69 Å². The van der Waals surface area contributed by atoms with Gasteiger partial charge in [-0.15, -0.1) is 23.5 Å². The second kappa shape index (κ2) is 7.72. The van der Waals surface area contributed by atoms with Crippen LogP contribution in [0.3, 0.4) is 0 Å². The molecule has 0 aromatic heterocycles. The predicted molar refractivity (Wildman–Crippen MR) is 99.5 cm³/mol. The van der Waals surface area contributed by atoms with Gasteiger partial charge in [0.15, 0.2) is 0 Å². The Labute approximate surface area is 148 Å². The summed E-state index contributed by atoms with van der Waals surface area (Å²) < 4.78 is 0.441. The number of non-ortho nitro benzene ring substituents is 1. The van der Waals surface area contributed by atoms with Crippen LogP contribution in [0.15, 0.2) is 48.5 Å². The molecule has 2 aromatic carbocycles. The van der Waals surface area contributed by atoms with E-state index in [2.05, 4.69) is 11.4 Å². The van der Waals surface area contributed by atoms with Crippen LogP contribution >= 0.6 is 23.5 Å². The quantitative estimate of drug-likeness (QED) is 0.637. The lowest BCUT2D eigenvalue weighted by Crippen LogP contribution is -2.14. The number of hydrogen-bond donors (Lipinski definition) is 1. The van der Waals surface area contributed by atoms with Crippen molar-refractivity contribution in [1.29, 1.82) is 0 Å². The number of nitro benzene ring substituents is 1. The van der Waals surface area contributed by atoms with Crippen molar-refractivity contribution in [3.05, 3.63) is 69.8 Å². The van der Waals surface area contributed by atoms with Crippen molar-refractivity contribution in [3.8, 4) is 0 Å². The van der Waals surface area contributed by atoms with Crippen molar-refractivity contribution in [2.45, 2.75) is 11.0 Å². The van der Waals surface area contributed by atoms with Crippen LogP contribution in [0, 0.1) is 10.1 Å². The minimum Gasteiger partial charge on any atom is -0.326 e. The van der Waals surface area contributed by atoms with E-state index < -0.39 is 4.92 Å². The van der Waals surface area contributed by atoms with E-state index in [9.17, 15) is 14.9 Å². The van der Waals surface area contributed by atoms with Crippen molar-refractivity contribution in [2.24, 2.45) is 0 Å².